The van der Waals surface area contributed by atoms with Crippen molar-refractivity contribution in [3.05, 3.63) is 115 Å². The van der Waals surface area contributed by atoms with Gasteiger partial charge in [-0.25, -0.2) is 0 Å². The molecule has 4 rings (SSSR count). The number of halogens is 1. The Balaban J connectivity index is 0.00000225. The molecule has 2 heteroatoms. The molecule has 0 bridgehead atoms. The molecule has 4 aromatic carbocycles. The Labute approximate surface area is 179 Å². The van der Waals surface area contributed by atoms with E-state index in [1.807, 2.05) is 0 Å². The van der Waals surface area contributed by atoms with Gasteiger partial charge in [-0.15, -0.1) is 0 Å². The number of rotatable bonds is 5. The second-order valence-corrected chi connectivity index (χ2v) is 10.2. The van der Waals surface area contributed by atoms with Gasteiger partial charge in [-0.1, -0.05) is 84.9 Å². The summed E-state index contributed by atoms with van der Waals surface area (Å²) in [5, 5.41) is 7.02. The monoisotopic (exact) mass is 446 g/mol. The van der Waals surface area contributed by atoms with Crippen molar-refractivity contribution in [1.82, 2.24) is 0 Å². The molecule has 0 aromatic heterocycles. The van der Waals surface area contributed by atoms with E-state index in [-0.39, 0.29) is 17.0 Å². The fourth-order valence-corrected chi connectivity index (χ4v) is 8.22. The summed E-state index contributed by atoms with van der Waals surface area (Å²) in [4.78, 5) is 0. The molecule has 0 aliphatic rings. The van der Waals surface area contributed by atoms with Crippen LogP contribution >= 0.6 is 7.26 Å². The van der Waals surface area contributed by atoms with E-state index in [0.29, 0.717) is 0 Å². The lowest BCUT2D eigenvalue weighted by molar-refractivity contribution is -0.00000520. The first-order chi connectivity index (χ1) is 13.4. The van der Waals surface area contributed by atoms with E-state index >= 15 is 0 Å². The smallest absolute Gasteiger partial charge is 0.116 e. The second kappa shape index (κ2) is 9.32. The molecule has 0 N–H and O–H groups in total. The van der Waals surface area contributed by atoms with Crippen molar-refractivity contribution in [2.45, 2.75) is 6.92 Å². The zero-order valence-corrected chi connectivity index (χ0v) is 18.5. The van der Waals surface area contributed by atoms with Gasteiger partial charge in [-0.3, -0.25) is 0 Å². The first kappa shape index (κ1) is 20.5. The highest BCUT2D eigenvalue weighted by Crippen LogP contribution is 2.56. The van der Waals surface area contributed by atoms with E-state index in [2.05, 4.69) is 122 Å². The van der Waals surface area contributed by atoms with Gasteiger partial charge in [0.1, 0.15) is 23.2 Å². The number of hydrogen-bond acceptors (Lipinski definition) is 0. The highest BCUT2D eigenvalue weighted by atomic mass is 79.9. The fourth-order valence-electron chi connectivity index (χ4n) is 3.91. The van der Waals surface area contributed by atoms with Crippen molar-refractivity contribution in [1.29, 1.82) is 0 Å². The number of hydrogen-bond donors (Lipinski definition) is 0. The van der Waals surface area contributed by atoms with Crippen LogP contribution in [-0.4, -0.2) is 6.16 Å². The molecule has 0 fully saturated rings. The highest BCUT2D eigenvalue weighted by Gasteiger charge is 2.45. The molecule has 28 heavy (non-hydrogen) atoms. The van der Waals surface area contributed by atoms with Gasteiger partial charge in [-0.2, -0.15) is 0 Å². The third kappa shape index (κ3) is 3.70. The summed E-state index contributed by atoms with van der Waals surface area (Å²) in [5.41, 5.74) is 0. The molecule has 0 amide bonds. The summed E-state index contributed by atoms with van der Waals surface area (Å²) in [7, 11) is -1.80. The molecular weight excluding hydrogens is 423 g/mol. The normalized spacial score (nSPS) is 11.5. The van der Waals surface area contributed by atoms with Crippen LogP contribution in [0.1, 0.15) is 6.92 Å². The molecule has 0 unspecified atom stereocenters. The van der Waals surface area contributed by atoms with Crippen molar-refractivity contribution in [3.63, 3.8) is 0 Å². The van der Waals surface area contributed by atoms with Crippen molar-refractivity contribution in [3.8, 4) is 0 Å². The molecule has 4 aromatic rings. The van der Waals surface area contributed by atoms with Crippen LogP contribution in [0.15, 0.2) is 115 Å². The van der Waals surface area contributed by atoms with Crippen molar-refractivity contribution < 1.29 is 17.0 Å². The Morgan fingerprint density at radius 2 is 1.18 bits per heavy atom. The van der Waals surface area contributed by atoms with E-state index in [9.17, 15) is 0 Å². The molecule has 0 saturated heterocycles. The molecule has 0 radical (unpaired) electrons. The van der Waals surface area contributed by atoms with Crippen molar-refractivity contribution >= 4 is 33.9 Å². The molecule has 0 nitrogen and oxygen atoms in total. The average Bonchev–Trinajstić information content (AvgIpc) is 2.76. The lowest BCUT2D eigenvalue weighted by atomic mass is 10.1. The Kier molecular flexibility index (Phi) is 6.83. The summed E-state index contributed by atoms with van der Waals surface area (Å²) >= 11 is 0. The second-order valence-electron chi connectivity index (χ2n) is 6.73. The van der Waals surface area contributed by atoms with Crippen LogP contribution < -0.4 is 32.9 Å². The number of benzene rings is 4. The molecule has 0 aliphatic carbocycles. The standard InChI is InChI=1S/C26H24P.BrH/c1-2-3-21-27(23-15-6-4-7-16-23,24-17-8-5-9-18-24)26-20-12-14-22-13-10-11-19-25(22)26;/h2-20H,21H2,1H3;1H/q+1;/p-1/b3-2+;. The molecule has 0 aliphatic heterocycles. The molecular formula is C26H24BrP. The van der Waals surface area contributed by atoms with Crippen molar-refractivity contribution in [2.75, 3.05) is 6.16 Å². The van der Waals surface area contributed by atoms with Crippen LogP contribution in [0.3, 0.4) is 0 Å². The lowest BCUT2D eigenvalue weighted by Crippen LogP contribution is -3.00. The van der Waals surface area contributed by atoms with Gasteiger partial charge in [0.25, 0.3) is 0 Å². The van der Waals surface area contributed by atoms with Gasteiger partial charge in [0.2, 0.25) is 0 Å². The maximum Gasteiger partial charge on any atom is 0.116 e. The lowest BCUT2D eigenvalue weighted by Gasteiger charge is -2.27. The number of allylic oxidation sites excluding steroid dienone is 2. The zero-order chi connectivity index (χ0) is 18.5. The van der Waals surface area contributed by atoms with Gasteiger partial charge in [0, 0.05) is 5.39 Å². The minimum Gasteiger partial charge on any atom is -1.00 e. The molecule has 0 spiro atoms. The van der Waals surface area contributed by atoms with Crippen LogP contribution in [0.5, 0.6) is 0 Å². The van der Waals surface area contributed by atoms with Crippen LogP contribution in [0, 0.1) is 0 Å². The van der Waals surface area contributed by atoms with Gasteiger partial charge in [0.05, 0.1) is 6.16 Å². The summed E-state index contributed by atoms with van der Waals surface area (Å²) in [6.45, 7) is 2.12. The Bertz CT molecular complexity index is 1010. The maximum absolute atomic E-state index is 2.35. The Morgan fingerprint density at radius 3 is 1.79 bits per heavy atom. The van der Waals surface area contributed by atoms with Crippen LogP contribution in [0.25, 0.3) is 10.8 Å². The summed E-state index contributed by atoms with van der Waals surface area (Å²) < 4.78 is 0. The fraction of sp³-hybridized carbons (Fsp3) is 0.0769. The third-order valence-electron chi connectivity index (χ3n) is 5.19. The molecule has 0 saturated carbocycles. The van der Waals surface area contributed by atoms with E-state index in [1.54, 1.807) is 0 Å². The Hall–Kier alpha value is -2.21. The first-order valence-corrected chi connectivity index (χ1v) is 11.4. The predicted molar refractivity (Wildman–Crippen MR) is 122 cm³/mol. The van der Waals surface area contributed by atoms with Crippen molar-refractivity contribution in [2.24, 2.45) is 0 Å². The van der Waals surface area contributed by atoms with Crippen LogP contribution in [-0.2, 0) is 0 Å². The van der Waals surface area contributed by atoms with Gasteiger partial charge >= 0.3 is 0 Å². The minimum atomic E-state index is -1.80. The third-order valence-corrected chi connectivity index (χ3v) is 9.52. The summed E-state index contributed by atoms with van der Waals surface area (Å²) in [5.74, 6) is 0. The van der Waals surface area contributed by atoms with Gasteiger partial charge in [-0.05, 0) is 42.6 Å². The predicted octanol–water partition coefficient (Wildman–Crippen LogP) is 2.71. The quantitative estimate of drug-likeness (QED) is 0.326. The zero-order valence-electron chi connectivity index (χ0n) is 16.0. The average molecular weight is 447 g/mol. The van der Waals surface area contributed by atoms with E-state index in [0.717, 1.165) is 6.16 Å². The maximum atomic E-state index is 2.35. The molecule has 0 heterocycles. The highest BCUT2D eigenvalue weighted by molar-refractivity contribution is 7.96. The van der Waals surface area contributed by atoms with Crippen LogP contribution in [0.2, 0.25) is 0 Å². The minimum absolute atomic E-state index is 0. The largest absolute Gasteiger partial charge is 1.00 e. The van der Waals surface area contributed by atoms with E-state index in [4.69, 9.17) is 0 Å². The Morgan fingerprint density at radius 1 is 0.643 bits per heavy atom. The molecule has 140 valence electrons. The molecule has 0 atom stereocenters. The van der Waals surface area contributed by atoms with Gasteiger partial charge < -0.3 is 17.0 Å². The SMILES string of the molecule is C/C=C/C[P+](c1ccccc1)(c1ccccc1)c1cccc2ccccc12.[Br-]. The van der Waals surface area contributed by atoms with E-state index < -0.39 is 7.26 Å². The summed E-state index contributed by atoms with van der Waals surface area (Å²) in [6, 6.07) is 37.7. The van der Waals surface area contributed by atoms with Crippen LogP contribution in [0.4, 0.5) is 0 Å². The first-order valence-electron chi connectivity index (χ1n) is 9.45. The topological polar surface area (TPSA) is 0 Å². The number of fused-ring (bicyclic) bond motifs is 1. The van der Waals surface area contributed by atoms with Gasteiger partial charge in [0.15, 0.2) is 0 Å². The van der Waals surface area contributed by atoms with E-state index in [1.165, 1.54) is 26.7 Å². The summed E-state index contributed by atoms with van der Waals surface area (Å²) in [6.07, 6.45) is 5.56.